The van der Waals surface area contributed by atoms with Gasteiger partial charge in [0.15, 0.2) is 0 Å². The molecule has 2 N–H and O–H groups in total. The van der Waals surface area contributed by atoms with E-state index in [1.807, 2.05) is 24.3 Å². The second kappa shape index (κ2) is 5.54. The molecule has 0 bridgehead atoms. The third-order valence-electron chi connectivity index (χ3n) is 3.03. The first-order valence-electron chi connectivity index (χ1n) is 6.30. The van der Waals surface area contributed by atoms with Gasteiger partial charge in [-0.1, -0.05) is 23.7 Å². The van der Waals surface area contributed by atoms with Gasteiger partial charge in [-0.15, -0.1) is 0 Å². The number of imidazole rings is 1. The Morgan fingerprint density at radius 2 is 2.10 bits per heavy atom. The molecule has 0 saturated heterocycles. The third kappa shape index (κ3) is 2.87. The third-order valence-corrected chi connectivity index (χ3v) is 3.26. The van der Waals surface area contributed by atoms with Crippen LogP contribution in [0.4, 0.5) is 4.39 Å². The van der Waals surface area contributed by atoms with Crippen LogP contribution in [0.25, 0.3) is 11.0 Å². The minimum absolute atomic E-state index is 0.0846. The van der Waals surface area contributed by atoms with Crippen molar-refractivity contribution in [3.05, 3.63) is 64.7 Å². The number of carbonyl (C=O) groups is 1. The summed E-state index contributed by atoms with van der Waals surface area (Å²) < 4.78 is 13.6. The van der Waals surface area contributed by atoms with E-state index < -0.39 is 11.7 Å². The SMILES string of the molecule is O=C(NCc1nc2ccccc2[nH]1)c1cc(Cl)ccc1F. The molecular weight excluding hydrogens is 293 g/mol. The van der Waals surface area contributed by atoms with E-state index in [9.17, 15) is 9.18 Å². The summed E-state index contributed by atoms with van der Waals surface area (Å²) in [5.41, 5.74) is 1.62. The summed E-state index contributed by atoms with van der Waals surface area (Å²) in [6.45, 7) is 0.180. The van der Waals surface area contributed by atoms with Crippen LogP contribution in [-0.2, 0) is 6.54 Å². The van der Waals surface area contributed by atoms with Crippen molar-refractivity contribution in [3.63, 3.8) is 0 Å². The van der Waals surface area contributed by atoms with Gasteiger partial charge in [0.05, 0.1) is 23.1 Å². The highest BCUT2D eigenvalue weighted by Gasteiger charge is 2.12. The molecule has 0 unspecified atom stereocenters. The number of halogens is 2. The number of nitrogens with one attached hydrogen (secondary N) is 2. The average molecular weight is 304 g/mol. The lowest BCUT2D eigenvalue weighted by atomic mass is 10.2. The molecule has 0 aliphatic carbocycles. The van der Waals surface area contributed by atoms with Gasteiger partial charge in [-0.2, -0.15) is 0 Å². The van der Waals surface area contributed by atoms with E-state index in [2.05, 4.69) is 15.3 Å². The van der Waals surface area contributed by atoms with Crippen molar-refractivity contribution in [1.29, 1.82) is 0 Å². The van der Waals surface area contributed by atoms with Gasteiger partial charge < -0.3 is 10.3 Å². The van der Waals surface area contributed by atoms with Crippen LogP contribution < -0.4 is 5.32 Å². The summed E-state index contributed by atoms with van der Waals surface area (Å²) >= 11 is 5.77. The van der Waals surface area contributed by atoms with Crippen LogP contribution in [0.15, 0.2) is 42.5 Å². The van der Waals surface area contributed by atoms with Crippen molar-refractivity contribution < 1.29 is 9.18 Å². The molecule has 21 heavy (non-hydrogen) atoms. The Morgan fingerprint density at radius 3 is 2.90 bits per heavy atom. The number of aromatic amines is 1. The largest absolute Gasteiger partial charge is 0.345 e. The smallest absolute Gasteiger partial charge is 0.254 e. The van der Waals surface area contributed by atoms with Crippen molar-refractivity contribution in [2.75, 3.05) is 0 Å². The fourth-order valence-corrected chi connectivity index (χ4v) is 2.19. The molecule has 1 aromatic heterocycles. The van der Waals surface area contributed by atoms with Gasteiger partial charge in [0.25, 0.3) is 5.91 Å². The molecule has 0 saturated carbocycles. The van der Waals surface area contributed by atoms with Gasteiger partial charge in [0, 0.05) is 5.02 Å². The minimum atomic E-state index is -0.610. The summed E-state index contributed by atoms with van der Waals surface area (Å²) in [5, 5.41) is 2.92. The predicted octanol–water partition coefficient (Wildman–Crippen LogP) is 3.29. The van der Waals surface area contributed by atoms with E-state index >= 15 is 0 Å². The van der Waals surface area contributed by atoms with Crippen LogP contribution in [0.1, 0.15) is 16.2 Å². The number of hydrogen-bond donors (Lipinski definition) is 2. The molecule has 0 atom stereocenters. The number of H-pyrrole nitrogens is 1. The van der Waals surface area contributed by atoms with Gasteiger partial charge in [-0.3, -0.25) is 4.79 Å². The first kappa shape index (κ1) is 13.6. The molecule has 1 amide bonds. The Morgan fingerprint density at radius 1 is 1.29 bits per heavy atom. The number of nitrogens with zero attached hydrogens (tertiary/aromatic N) is 1. The number of carbonyl (C=O) groups excluding carboxylic acids is 1. The van der Waals surface area contributed by atoms with Gasteiger partial charge >= 0.3 is 0 Å². The highest BCUT2D eigenvalue weighted by atomic mass is 35.5. The van der Waals surface area contributed by atoms with Crippen molar-refractivity contribution in [1.82, 2.24) is 15.3 Å². The average Bonchev–Trinajstić information content (AvgIpc) is 2.90. The van der Waals surface area contributed by atoms with Crippen LogP contribution in [0.3, 0.4) is 0 Å². The van der Waals surface area contributed by atoms with Gasteiger partial charge in [0.1, 0.15) is 11.6 Å². The second-order valence-corrected chi connectivity index (χ2v) is 4.94. The lowest BCUT2D eigenvalue weighted by Gasteiger charge is -2.04. The number of amides is 1. The Bertz CT molecular complexity index is 783. The van der Waals surface area contributed by atoms with Crippen LogP contribution in [-0.4, -0.2) is 15.9 Å². The predicted molar refractivity (Wildman–Crippen MR) is 78.7 cm³/mol. The topological polar surface area (TPSA) is 57.8 Å². The number of aromatic nitrogens is 2. The Labute approximate surface area is 125 Å². The fraction of sp³-hybridized carbons (Fsp3) is 0.0667. The molecule has 106 valence electrons. The van der Waals surface area contributed by atoms with E-state index in [0.717, 1.165) is 11.0 Å². The zero-order valence-corrected chi connectivity index (χ0v) is 11.6. The van der Waals surface area contributed by atoms with Gasteiger partial charge in [-0.05, 0) is 30.3 Å². The van der Waals surface area contributed by atoms with Crippen LogP contribution >= 0.6 is 11.6 Å². The number of benzene rings is 2. The van der Waals surface area contributed by atoms with E-state index in [0.29, 0.717) is 10.8 Å². The first-order valence-corrected chi connectivity index (χ1v) is 6.68. The molecule has 0 aliphatic rings. The zero-order chi connectivity index (χ0) is 14.8. The van der Waals surface area contributed by atoms with E-state index in [1.165, 1.54) is 18.2 Å². The Balaban J connectivity index is 1.74. The minimum Gasteiger partial charge on any atom is -0.345 e. The molecule has 1 heterocycles. The normalized spacial score (nSPS) is 10.8. The molecule has 2 aromatic carbocycles. The van der Waals surface area contributed by atoms with Crippen LogP contribution in [0, 0.1) is 5.82 Å². The molecular formula is C15H11ClFN3O. The number of rotatable bonds is 3. The lowest BCUT2D eigenvalue weighted by molar-refractivity contribution is 0.0946. The molecule has 0 fully saturated rings. The van der Waals surface area contributed by atoms with Crippen molar-refractivity contribution >= 4 is 28.5 Å². The lowest BCUT2D eigenvalue weighted by Crippen LogP contribution is -2.24. The maximum absolute atomic E-state index is 13.6. The van der Waals surface area contributed by atoms with E-state index in [-0.39, 0.29) is 12.1 Å². The fourth-order valence-electron chi connectivity index (χ4n) is 2.02. The molecule has 0 aliphatic heterocycles. The van der Waals surface area contributed by atoms with E-state index in [4.69, 9.17) is 11.6 Å². The molecule has 3 rings (SSSR count). The summed E-state index contributed by atoms with van der Waals surface area (Å²) in [7, 11) is 0. The van der Waals surface area contributed by atoms with Gasteiger partial charge in [0.2, 0.25) is 0 Å². The Hall–Kier alpha value is -2.40. The summed E-state index contributed by atoms with van der Waals surface area (Å²) in [5.74, 6) is -0.538. The van der Waals surface area contributed by atoms with Crippen molar-refractivity contribution in [3.8, 4) is 0 Å². The molecule has 3 aromatic rings. The van der Waals surface area contributed by atoms with Gasteiger partial charge in [-0.25, -0.2) is 9.37 Å². The van der Waals surface area contributed by atoms with Crippen molar-refractivity contribution in [2.45, 2.75) is 6.54 Å². The van der Waals surface area contributed by atoms with Crippen LogP contribution in [0.2, 0.25) is 5.02 Å². The molecule has 4 nitrogen and oxygen atoms in total. The zero-order valence-electron chi connectivity index (χ0n) is 10.9. The summed E-state index contributed by atoms with van der Waals surface area (Å²) in [6.07, 6.45) is 0. The number of fused-ring (bicyclic) bond motifs is 1. The van der Waals surface area contributed by atoms with Crippen LogP contribution in [0.5, 0.6) is 0 Å². The van der Waals surface area contributed by atoms with E-state index in [1.54, 1.807) is 0 Å². The molecule has 6 heteroatoms. The standard InChI is InChI=1S/C15H11ClFN3O/c16-9-5-6-11(17)10(7-9)15(21)18-8-14-19-12-3-1-2-4-13(12)20-14/h1-7H,8H2,(H,18,21)(H,19,20). The summed E-state index contributed by atoms with van der Waals surface area (Å²) in [6, 6.07) is 11.4. The monoisotopic (exact) mass is 303 g/mol. The van der Waals surface area contributed by atoms with Crippen molar-refractivity contribution in [2.24, 2.45) is 0 Å². The second-order valence-electron chi connectivity index (χ2n) is 4.51. The summed E-state index contributed by atoms with van der Waals surface area (Å²) in [4.78, 5) is 19.4. The first-order chi connectivity index (χ1) is 10.1. The number of para-hydroxylation sites is 2. The Kier molecular flexibility index (Phi) is 3.58. The maximum Gasteiger partial charge on any atom is 0.254 e. The quantitative estimate of drug-likeness (QED) is 0.780. The highest BCUT2D eigenvalue weighted by Crippen LogP contribution is 2.15. The molecule has 0 spiro atoms. The number of hydrogen-bond acceptors (Lipinski definition) is 2. The molecule has 0 radical (unpaired) electrons. The maximum atomic E-state index is 13.6. The highest BCUT2D eigenvalue weighted by molar-refractivity contribution is 6.31.